The Morgan fingerprint density at radius 2 is 1.71 bits per heavy atom. The van der Waals surface area contributed by atoms with Gasteiger partial charge in [0.1, 0.15) is 0 Å². The fourth-order valence-corrected chi connectivity index (χ4v) is 5.89. The molecule has 3 aromatic rings. The minimum atomic E-state index is -3.73. The molecule has 1 heterocycles. The molecule has 2 N–H and O–H groups in total. The Balaban J connectivity index is 1.82. The van der Waals surface area contributed by atoms with Crippen LogP contribution in [-0.2, 0) is 26.3 Å². The van der Waals surface area contributed by atoms with Crippen molar-refractivity contribution in [3.8, 4) is 0 Å². The largest absolute Gasteiger partial charge is 0.330 e. The highest BCUT2D eigenvalue weighted by Gasteiger charge is 2.25. The van der Waals surface area contributed by atoms with E-state index in [0.717, 1.165) is 10.9 Å². The average Bonchev–Trinajstić information content (AvgIpc) is 2.75. The number of aryl methyl sites for hydroxylation is 1. The number of fused-ring (bicyclic) bond motifs is 1. The molecule has 166 valence electrons. The van der Waals surface area contributed by atoms with E-state index < -0.39 is 19.9 Å². The minimum absolute atomic E-state index is 0.253. The SMILES string of the molecule is CS(=O)(=O)c1cccc(CCCN(CCCN)S(=O)(=O)c2cccc3cnccc23)c1. The molecule has 9 heteroatoms. The molecule has 0 saturated carbocycles. The summed E-state index contributed by atoms with van der Waals surface area (Å²) in [4.78, 5) is 4.59. The third kappa shape index (κ3) is 5.68. The van der Waals surface area contributed by atoms with Crippen molar-refractivity contribution in [2.45, 2.75) is 29.1 Å². The van der Waals surface area contributed by atoms with Gasteiger partial charge in [-0.05, 0) is 55.6 Å². The zero-order chi connectivity index (χ0) is 22.5. The van der Waals surface area contributed by atoms with Crippen molar-refractivity contribution in [2.75, 3.05) is 25.9 Å². The van der Waals surface area contributed by atoms with Crippen molar-refractivity contribution in [3.05, 3.63) is 66.5 Å². The van der Waals surface area contributed by atoms with Crippen molar-refractivity contribution in [1.82, 2.24) is 9.29 Å². The van der Waals surface area contributed by atoms with Gasteiger partial charge in [0, 0.05) is 42.5 Å². The summed E-state index contributed by atoms with van der Waals surface area (Å²) in [6.45, 7) is 1.03. The lowest BCUT2D eigenvalue weighted by atomic mass is 10.1. The van der Waals surface area contributed by atoms with Gasteiger partial charge < -0.3 is 5.73 Å². The Kier molecular flexibility index (Phi) is 7.42. The monoisotopic (exact) mass is 461 g/mol. The van der Waals surface area contributed by atoms with Gasteiger partial charge in [-0.15, -0.1) is 0 Å². The summed E-state index contributed by atoms with van der Waals surface area (Å²) >= 11 is 0. The topological polar surface area (TPSA) is 110 Å². The van der Waals surface area contributed by atoms with E-state index in [-0.39, 0.29) is 9.79 Å². The smallest absolute Gasteiger partial charge is 0.243 e. The molecular formula is C22H27N3O4S2. The number of hydrogen-bond donors (Lipinski definition) is 1. The number of aromatic nitrogens is 1. The Hall–Kier alpha value is -2.33. The molecule has 0 atom stereocenters. The zero-order valence-corrected chi connectivity index (χ0v) is 19.1. The van der Waals surface area contributed by atoms with E-state index in [1.165, 1.54) is 10.6 Å². The first-order valence-electron chi connectivity index (χ1n) is 10.1. The van der Waals surface area contributed by atoms with E-state index in [2.05, 4.69) is 4.98 Å². The van der Waals surface area contributed by atoms with Crippen LogP contribution in [0, 0.1) is 0 Å². The highest BCUT2D eigenvalue weighted by atomic mass is 32.2. The highest BCUT2D eigenvalue weighted by Crippen LogP contribution is 2.25. The maximum atomic E-state index is 13.5. The van der Waals surface area contributed by atoms with Crippen LogP contribution in [0.5, 0.6) is 0 Å². The molecule has 0 spiro atoms. The van der Waals surface area contributed by atoms with Crippen LogP contribution >= 0.6 is 0 Å². The van der Waals surface area contributed by atoms with E-state index in [0.29, 0.717) is 44.3 Å². The number of rotatable bonds is 10. The number of nitrogens with zero attached hydrogens (tertiary/aromatic N) is 2. The fraction of sp³-hybridized carbons (Fsp3) is 0.318. The van der Waals surface area contributed by atoms with Crippen LogP contribution in [0.25, 0.3) is 10.8 Å². The molecule has 0 saturated heterocycles. The maximum Gasteiger partial charge on any atom is 0.243 e. The van der Waals surface area contributed by atoms with Crippen molar-refractivity contribution in [1.29, 1.82) is 0 Å². The normalized spacial score (nSPS) is 12.5. The van der Waals surface area contributed by atoms with E-state index >= 15 is 0 Å². The van der Waals surface area contributed by atoms with Gasteiger partial charge in [-0.3, -0.25) is 4.98 Å². The van der Waals surface area contributed by atoms with Crippen LogP contribution in [0.2, 0.25) is 0 Å². The van der Waals surface area contributed by atoms with Crippen LogP contribution < -0.4 is 5.73 Å². The molecule has 0 bridgehead atoms. The maximum absolute atomic E-state index is 13.5. The molecule has 0 amide bonds. The second-order valence-electron chi connectivity index (χ2n) is 7.42. The third-order valence-corrected chi connectivity index (χ3v) is 8.14. The summed E-state index contributed by atoms with van der Waals surface area (Å²) in [5.74, 6) is 0. The van der Waals surface area contributed by atoms with Gasteiger partial charge in [0.25, 0.3) is 0 Å². The number of hydrogen-bond acceptors (Lipinski definition) is 6. The minimum Gasteiger partial charge on any atom is -0.330 e. The third-order valence-electron chi connectivity index (χ3n) is 5.07. The molecule has 1 aromatic heterocycles. The summed E-state index contributed by atoms with van der Waals surface area (Å²) in [6, 6.07) is 13.6. The first kappa shape index (κ1) is 23.3. The summed E-state index contributed by atoms with van der Waals surface area (Å²) in [5, 5.41) is 1.40. The van der Waals surface area contributed by atoms with Gasteiger partial charge in [0.05, 0.1) is 9.79 Å². The zero-order valence-electron chi connectivity index (χ0n) is 17.4. The average molecular weight is 462 g/mol. The first-order chi connectivity index (χ1) is 14.7. The van der Waals surface area contributed by atoms with Gasteiger partial charge in [0.2, 0.25) is 10.0 Å². The Morgan fingerprint density at radius 1 is 0.968 bits per heavy atom. The van der Waals surface area contributed by atoms with Crippen molar-refractivity contribution >= 4 is 30.6 Å². The molecule has 7 nitrogen and oxygen atoms in total. The summed E-state index contributed by atoms with van der Waals surface area (Å²) in [5.41, 5.74) is 6.50. The standard InChI is InChI=1S/C22H27N3O4S2/c1-30(26,27)20-9-2-6-18(16-20)7-4-14-25(15-5-12-23)31(28,29)22-10-3-8-19-17-24-13-11-21(19)22/h2-3,6,8-11,13,16-17H,4-5,7,12,14-15,23H2,1H3. The van der Waals surface area contributed by atoms with Gasteiger partial charge >= 0.3 is 0 Å². The molecule has 0 aliphatic heterocycles. The molecule has 0 aliphatic rings. The highest BCUT2D eigenvalue weighted by molar-refractivity contribution is 7.90. The number of benzene rings is 2. The Morgan fingerprint density at radius 3 is 2.45 bits per heavy atom. The number of sulfone groups is 1. The van der Waals surface area contributed by atoms with Gasteiger partial charge in [-0.25, -0.2) is 16.8 Å². The van der Waals surface area contributed by atoms with E-state index in [1.54, 1.807) is 48.8 Å². The molecular weight excluding hydrogens is 434 g/mol. The number of pyridine rings is 1. The molecule has 2 aromatic carbocycles. The molecule has 0 fully saturated rings. The van der Waals surface area contributed by atoms with Crippen molar-refractivity contribution < 1.29 is 16.8 Å². The number of sulfonamides is 1. The van der Waals surface area contributed by atoms with E-state index in [1.807, 2.05) is 12.1 Å². The predicted octanol–water partition coefficient (Wildman–Crippen LogP) is 2.61. The quantitative estimate of drug-likeness (QED) is 0.497. The molecule has 0 aliphatic carbocycles. The second kappa shape index (κ2) is 9.86. The van der Waals surface area contributed by atoms with Gasteiger partial charge in [0.15, 0.2) is 9.84 Å². The Bertz CT molecular complexity index is 1250. The van der Waals surface area contributed by atoms with E-state index in [4.69, 9.17) is 5.73 Å². The van der Waals surface area contributed by atoms with Crippen LogP contribution in [-0.4, -0.2) is 52.0 Å². The molecule has 31 heavy (non-hydrogen) atoms. The lowest BCUT2D eigenvalue weighted by Crippen LogP contribution is -2.34. The predicted molar refractivity (Wildman–Crippen MR) is 122 cm³/mol. The summed E-state index contributed by atoms with van der Waals surface area (Å²) in [6.07, 6.45) is 6.08. The second-order valence-corrected chi connectivity index (χ2v) is 11.3. The first-order valence-corrected chi connectivity index (χ1v) is 13.4. The molecule has 0 radical (unpaired) electrons. The Labute approximate surface area is 183 Å². The van der Waals surface area contributed by atoms with Crippen LogP contribution in [0.3, 0.4) is 0 Å². The summed E-state index contributed by atoms with van der Waals surface area (Å²) < 4.78 is 52.0. The van der Waals surface area contributed by atoms with Crippen LogP contribution in [0.1, 0.15) is 18.4 Å². The molecule has 3 rings (SSSR count). The van der Waals surface area contributed by atoms with E-state index in [9.17, 15) is 16.8 Å². The van der Waals surface area contributed by atoms with Crippen LogP contribution in [0.4, 0.5) is 0 Å². The van der Waals surface area contributed by atoms with Crippen LogP contribution in [0.15, 0.2) is 70.7 Å². The van der Waals surface area contributed by atoms with Crippen molar-refractivity contribution in [3.63, 3.8) is 0 Å². The van der Waals surface area contributed by atoms with Gasteiger partial charge in [-0.2, -0.15) is 4.31 Å². The summed E-state index contributed by atoms with van der Waals surface area (Å²) in [7, 11) is -7.02. The fourth-order valence-electron chi connectivity index (χ4n) is 3.47. The van der Waals surface area contributed by atoms with Crippen molar-refractivity contribution in [2.24, 2.45) is 5.73 Å². The lowest BCUT2D eigenvalue weighted by molar-refractivity contribution is 0.401. The molecule has 0 unspecified atom stereocenters. The number of nitrogens with two attached hydrogens (primary N) is 1. The lowest BCUT2D eigenvalue weighted by Gasteiger charge is -2.23. The van der Waals surface area contributed by atoms with Gasteiger partial charge in [-0.1, -0.05) is 24.3 Å².